The van der Waals surface area contributed by atoms with Crippen LogP contribution < -0.4 is 5.73 Å². The standard InChI is InChI=1S/C14H26N2O2/c1-12(2,3)18-11(17)16-8-6-7-10(16)14(15)9-13(14,4)5/h10H,6-9,15H2,1-5H3. The van der Waals surface area contributed by atoms with Crippen LogP contribution >= 0.6 is 0 Å². The van der Waals surface area contributed by atoms with E-state index in [4.69, 9.17) is 10.5 Å². The zero-order valence-electron chi connectivity index (χ0n) is 12.2. The number of ether oxygens (including phenoxy) is 1. The molecule has 1 aliphatic carbocycles. The molecule has 4 nitrogen and oxygen atoms in total. The number of nitrogens with zero attached hydrogens (tertiary/aromatic N) is 1. The van der Waals surface area contributed by atoms with Crippen LogP contribution in [0.1, 0.15) is 53.9 Å². The average molecular weight is 254 g/mol. The van der Waals surface area contributed by atoms with Crippen molar-refractivity contribution >= 4 is 6.09 Å². The lowest BCUT2D eigenvalue weighted by atomic mass is 9.96. The molecule has 4 heteroatoms. The Morgan fingerprint density at radius 3 is 2.39 bits per heavy atom. The molecule has 2 atom stereocenters. The van der Waals surface area contributed by atoms with Gasteiger partial charge < -0.3 is 15.4 Å². The summed E-state index contributed by atoms with van der Waals surface area (Å²) in [6.07, 6.45) is 2.81. The maximum atomic E-state index is 12.2. The zero-order chi connectivity index (χ0) is 13.8. The molecular weight excluding hydrogens is 228 g/mol. The van der Waals surface area contributed by atoms with Crippen LogP contribution in [0.25, 0.3) is 0 Å². The number of likely N-dealkylation sites (tertiary alicyclic amines) is 1. The van der Waals surface area contributed by atoms with Crippen molar-refractivity contribution in [1.29, 1.82) is 0 Å². The molecule has 1 amide bonds. The van der Waals surface area contributed by atoms with Crippen LogP contribution in [0.2, 0.25) is 0 Å². The summed E-state index contributed by atoms with van der Waals surface area (Å²) in [6, 6.07) is 0.141. The zero-order valence-corrected chi connectivity index (χ0v) is 12.2. The summed E-state index contributed by atoms with van der Waals surface area (Å²) in [4.78, 5) is 14.1. The monoisotopic (exact) mass is 254 g/mol. The van der Waals surface area contributed by atoms with Gasteiger partial charge in [0.1, 0.15) is 5.60 Å². The van der Waals surface area contributed by atoms with Crippen molar-refractivity contribution in [2.45, 2.75) is 71.1 Å². The number of nitrogens with two attached hydrogens (primary N) is 1. The van der Waals surface area contributed by atoms with Gasteiger partial charge in [0.25, 0.3) is 0 Å². The van der Waals surface area contributed by atoms with E-state index in [1.54, 1.807) is 0 Å². The Bertz CT molecular complexity index is 359. The van der Waals surface area contributed by atoms with Gasteiger partial charge in [-0.3, -0.25) is 0 Å². The molecule has 18 heavy (non-hydrogen) atoms. The quantitative estimate of drug-likeness (QED) is 0.782. The second-order valence-corrected chi connectivity index (χ2v) is 7.43. The summed E-state index contributed by atoms with van der Waals surface area (Å²) in [6.45, 7) is 10.8. The minimum atomic E-state index is -0.439. The number of hydrogen-bond donors (Lipinski definition) is 1. The third-order valence-corrected chi connectivity index (χ3v) is 4.34. The Morgan fingerprint density at radius 2 is 1.94 bits per heavy atom. The predicted octanol–water partition coefficient (Wildman–Crippen LogP) is 2.51. The molecule has 1 saturated carbocycles. The molecule has 0 spiro atoms. The van der Waals surface area contributed by atoms with E-state index in [0.717, 1.165) is 25.8 Å². The summed E-state index contributed by atoms with van der Waals surface area (Å²) < 4.78 is 5.47. The highest BCUT2D eigenvalue weighted by Crippen LogP contribution is 2.58. The van der Waals surface area contributed by atoms with Gasteiger partial charge in [-0.05, 0) is 45.4 Å². The number of carbonyl (C=O) groups is 1. The molecule has 2 rings (SSSR count). The van der Waals surface area contributed by atoms with Gasteiger partial charge in [-0.2, -0.15) is 0 Å². The molecule has 104 valence electrons. The first-order valence-corrected chi connectivity index (χ1v) is 6.85. The van der Waals surface area contributed by atoms with Crippen molar-refractivity contribution < 1.29 is 9.53 Å². The highest BCUT2D eigenvalue weighted by molar-refractivity contribution is 5.69. The van der Waals surface area contributed by atoms with Crippen LogP contribution in [-0.2, 0) is 4.74 Å². The average Bonchev–Trinajstić information content (AvgIpc) is 2.62. The van der Waals surface area contributed by atoms with Crippen LogP contribution in [0, 0.1) is 5.41 Å². The minimum Gasteiger partial charge on any atom is -0.444 e. The van der Waals surface area contributed by atoms with E-state index in [1.165, 1.54) is 0 Å². The summed E-state index contributed by atoms with van der Waals surface area (Å²) in [5.41, 5.74) is 5.95. The number of rotatable bonds is 1. The number of hydrogen-bond acceptors (Lipinski definition) is 3. The SMILES string of the molecule is CC(C)(C)OC(=O)N1CCCC1C1(N)CC1(C)C. The molecule has 1 heterocycles. The van der Waals surface area contributed by atoms with E-state index in [0.29, 0.717) is 0 Å². The fourth-order valence-electron chi connectivity index (χ4n) is 3.10. The largest absolute Gasteiger partial charge is 0.444 e. The molecule has 2 aliphatic rings. The van der Waals surface area contributed by atoms with E-state index in [9.17, 15) is 4.79 Å². The molecule has 0 bridgehead atoms. The van der Waals surface area contributed by atoms with Crippen molar-refractivity contribution in [3.05, 3.63) is 0 Å². The third kappa shape index (κ3) is 2.22. The van der Waals surface area contributed by atoms with Crippen LogP contribution in [0.3, 0.4) is 0 Å². The van der Waals surface area contributed by atoms with Gasteiger partial charge in [0.15, 0.2) is 0 Å². The maximum Gasteiger partial charge on any atom is 0.410 e. The van der Waals surface area contributed by atoms with Crippen molar-refractivity contribution in [2.24, 2.45) is 11.1 Å². The van der Waals surface area contributed by atoms with Crippen molar-refractivity contribution in [1.82, 2.24) is 4.90 Å². The van der Waals surface area contributed by atoms with E-state index in [1.807, 2.05) is 25.7 Å². The van der Waals surface area contributed by atoms with Gasteiger partial charge in [0.05, 0.1) is 6.04 Å². The van der Waals surface area contributed by atoms with Gasteiger partial charge in [-0.25, -0.2) is 4.79 Å². The van der Waals surface area contributed by atoms with Gasteiger partial charge >= 0.3 is 6.09 Å². The second kappa shape index (κ2) is 3.86. The maximum absolute atomic E-state index is 12.2. The van der Waals surface area contributed by atoms with Gasteiger partial charge in [0, 0.05) is 12.1 Å². The first-order chi connectivity index (χ1) is 8.07. The first kappa shape index (κ1) is 13.7. The second-order valence-electron chi connectivity index (χ2n) is 7.43. The van der Waals surface area contributed by atoms with Crippen LogP contribution in [0.5, 0.6) is 0 Å². The molecule has 1 saturated heterocycles. The summed E-state index contributed by atoms with van der Waals surface area (Å²) >= 11 is 0. The van der Waals surface area contributed by atoms with E-state index in [2.05, 4.69) is 13.8 Å². The van der Waals surface area contributed by atoms with Crippen molar-refractivity contribution in [3.63, 3.8) is 0 Å². The number of amides is 1. The first-order valence-electron chi connectivity index (χ1n) is 6.85. The molecule has 1 aliphatic heterocycles. The molecular formula is C14H26N2O2. The summed E-state index contributed by atoms with van der Waals surface area (Å²) in [5, 5.41) is 0. The van der Waals surface area contributed by atoms with E-state index < -0.39 is 5.60 Å². The predicted molar refractivity (Wildman–Crippen MR) is 71.3 cm³/mol. The van der Waals surface area contributed by atoms with Gasteiger partial charge in [-0.15, -0.1) is 0 Å². The molecule has 0 aromatic rings. The van der Waals surface area contributed by atoms with E-state index in [-0.39, 0.29) is 23.1 Å². The molecule has 0 radical (unpaired) electrons. The van der Waals surface area contributed by atoms with Gasteiger partial charge in [-0.1, -0.05) is 13.8 Å². The Morgan fingerprint density at radius 1 is 1.39 bits per heavy atom. The third-order valence-electron chi connectivity index (χ3n) is 4.34. The highest BCUT2D eigenvalue weighted by atomic mass is 16.6. The topological polar surface area (TPSA) is 55.6 Å². The molecule has 0 aromatic heterocycles. The molecule has 2 N–H and O–H groups in total. The van der Waals surface area contributed by atoms with E-state index >= 15 is 0 Å². The Kier molecular flexibility index (Phi) is 2.93. The molecule has 2 unspecified atom stereocenters. The van der Waals surface area contributed by atoms with Crippen molar-refractivity contribution in [2.75, 3.05) is 6.54 Å². The molecule has 0 aromatic carbocycles. The summed E-state index contributed by atoms with van der Waals surface area (Å²) in [5.74, 6) is 0. The fourth-order valence-corrected chi connectivity index (χ4v) is 3.10. The lowest BCUT2D eigenvalue weighted by Gasteiger charge is -2.33. The lowest BCUT2D eigenvalue weighted by molar-refractivity contribution is 0.0186. The molecule has 2 fully saturated rings. The summed E-state index contributed by atoms with van der Waals surface area (Å²) in [7, 11) is 0. The Balaban J connectivity index is 2.07. The Hall–Kier alpha value is -0.770. The van der Waals surface area contributed by atoms with Crippen LogP contribution in [0.15, 0.2) is 0 Å². The smallest absolute Gasteiger partial charge is 0.410 e. The van der Waals surface area contributed by atoms with Crippen LogP contribution in [-0.4, -0.2) is 34.7 Å². The van der Waals surface area contributed by atoms with Gasteiger partial charge in [0.2, 0.25) is 0 Å². The fraction of sp³-hybridized carbons (Fsp3) is 0.929. The Labute approximate surface area is 110 Å². The number of carbonyl (C=O) groups excluding carboxylic acids is 1. The lowest BCUT2D eigenvalue weighted by Crippen LogP contribution is -2.52. The van der Waals surface area contributed by atoms with Crippen molar-refractivity contribution in [3.8, 4) is 0 Å². The van der Waals surface area contributed by atoms with Crippen LogP contribution in [0.4, 0.5) is 4.79 Å². The highest BCUT2D eigenvalue weighted by Gasteiger charge is 2.65. The minimum absolute atomic E-state index is 0.141. The normalized spacial score (nSPS) is 34.6.